The summed E-state index contributed by atoms with van der Waals surface area (Å²) in [6, 6.07) is 7.22. The van der Waals surface area contributed by atoms with Crippen LogP contribution in [0.15, 0.2) is 30.5 Å². The van der Waals surface area contributed by atoms with Crippen molar-refractivity contribution in [3.05, 3.63) is 63.4 Å². The Kier molecular flexibility index (Phi) is 5.22. The molecule has 1 aromatic heterocycles. The van der Waals surface area contributed by atoms with Crippen LogP contribution in [0.1, 0.15) is 45.6 Å². The van der Waals surface area contributed by atoms with E-state index in [1.54, 1.807) is 11.0 Å². The van der Waals surface area contributed by atoms with Crippen LogP contribution in [0.2, 0.25) is 5.15 Å². The summed E-state index contributed by atoms with van der Waals surface area (Å²) in [5, 5.41) is 0.332. The zero-order chi connectivity index (χ0) is 21.6. The minimum absolute atomic E-state index is 0.0173. The van der Waals surface area contributed by atoms with E-state index in [1.165, 1.54) is 6.20 Å². The maximum absolute atomic E-state index is 12.8. The minimum atomic E-state index is -4.86. The molecule has 0 fully saturated rings. The quantitative estimate of drug-likeness (QED) is 0.669. The van der Waals surface area contributed by atoms with Crippen molar-refractivity contribution in [3.63, 3.8) is 0 Å². The highest BCUT2D eigenvalue weighted by atomic mass is 35.5. The van der Waals surface area contributed by atoms with E-state index in [4.69, 9.17) is 11.6 Å². The van der Waals surface area contributed by atoms with Crippen LogP contribution < -0.4 is 0 Å². The number of benzene rings is 1. The van der Waals surface area contributed by atoms with Gasteiger partial charge in [0.2, 0.25) is 0 Å². The van der Waals surface area contributed by atoms with Gasteiger partial charge in [-0.25, -0.2) is 4.98 Å². The van der Waals surface area contributed by atoms with Crippen LogP contribution in [0.25, 0.3) is 0 Å². The molecule has 1 aromatic carbocycles. The third kappa shape index (κ3) is 3.76. The van der Waals surface area contributed by atoms with Crippen molar-refractivity contribution in [2.75, 3.05) is 13.1 Å². The molecule has 0 aliphatic carbocycles. The number of hydrogen-bond donors (Lipinski definition) is 0. The van der Waals surface area contributed by atoms with Crippen LogP contribution in [0.4, 0.5) is 13.2 Å². The van der Waals surface area contributed by atoms with Crippen molar-refractivity contribution in [3.8, 4) is 0 Å². The third-order valence-corrected chi connectivity index (χ3v) is 5.97. The van der Waals surface area contributed by atoms with Crippen molar-refractivity contribution in [2.45, 2.75) is 38.5 Å². The van der Waals surface area contributed by atoms with Gasteiger partial charge in [-0.05, 0) is 48.1 Å². The summed E-state index contributed by atoms with van der Waals surface area (Å²) in [7, 11) is 0. The lowest BCUT2D eigenvalue weighted by molar-refractivity contribution is -0.185. The molecular formula is C21H19ClF3N3O2. The summed E-state index contributed by atoms with van der Waals surface area (Å²) in [4.78, 5) is 30.9. The topological polar surface area (TPSA) is 53.5 Å². The second-order valence-electron chi connectivity index (χ2n) is 7.60. The summed E-state index contributed by atoms with van der Waals surface area (Å²) < 4.78 is 38.3. The molecule has 5 nitrogen and oxygen atoms in total. The Morgan fingerprint density at radius 1 is 1.20 bits per heavy atom. The van der Waals surface area contributed by atoms with Crippen molar-refractivity contribution in [2.24, 2.45) is 0 Å². The van der Waals surface area contributed by atoms with Crippen LogP contribution in [-0.4, -0.2) is 45.9 Å². The van der Waals surface area contributed by atoms with Gasteiger partial charge < -0.3 is 9.80 Å². The fourth-order valence-electron chi connectivity index (χ4n) is 4.13. The van der Waals surface area contributed by atoms with Gasteiger partial charge in [0, 0.05) is 25.8 Å². The second kappa shape index (κ2) is 7.58. The van der Waals surface area contributed by atoms with Crippen molar-refractivity contribution in [1.29, 1.82) is 0 Å². The van der Waals surface area contributed by atoms with E-state index in [2.05, 4.69) is 4.98 Å². The van der Waals surface area contributed by atoms with E-state index in [0.29, 0.717) is 30.1 Å². The zero-order valence-electron chi connectivity index (χ0n) is 16.2. The van der Waals surface area contributed by atoms with Crippen molar-refractivity contribution in [1.82, 2.24) is 14.8 Å². The molecule has 0 spiro atoms. The molecule has 4 rings (SSSR count). The molecule has 158 valence electrons. The van der Waals surface area contributed by atoms with Crippen LogP contribution in [0.5, 0.6) is 0 Å². The number of pyridine rings is 1. The van der Waals surface area contributed by atoms with Crippen LogP contribution in [-0.2, 0) is 24.2 Å². The number of amides is 2. The fourth-order valence-corrected chi connectivity index (χ4v) is 4.30. The Labute approximate surface area is 176 Å². The highest BCUT2D eigenvalue weighted by Crippen LogP contribution is 2.35. The highest BCUT2D eigenvalue weighted by Gasteiger charge is 2.42. The molecular weight excluding hydrogens is 419 g/mol. The maximum Gasteiger partial charge on any atom is 0.471 e. The molecule has 1 unspecified atom stereocenters. The Balaban J connectivity index is 1.51. The molecule has 2 aliphatic rings. The molecule has 2 amide bonds. The number of carbonyl (C=O) groups is 2. The Morgan fingerprint density at radius 2 is 1.90 bits per heavy atom. The first-order valence-corrected chi connectivity index (χ1v) is 9.96. The predicted molar refractivity (Wildman–Crippen MR) is 104 cm³/mol. The molecule has 2 aromatic rings. The van der Waals surface area contributed by atoms with Gasteiger partial charge in [-0.15, -0.1) is 0 Å². The molecule has 1 atom stereocenters. The van der Waals surface area contributed by atoms with Crippen molar-refractivity contribution >= 4 is 23.4 Å². The lowest BCUT2D eigenvalue weighted by Crippen LogP contribution is -2.42. The molecule has 3 heterocycles. The van der Waals surface area contributed by atoms with Gasteiger partial charge in [0.1, 0.15) is 5.15 Å². The number of alkyl halides is 3. The Morgan fingerprint density at radius 3 is 2.60 bits per heavy atom. The smallest absolute Gasteiger partial charge is 0.334 e. The molecule has 9 heteroatoms. The summed E-state index contributed by atoms with van der Waals surface area (Å²) in [5.41, 5.74) is 4.08. The normalized spacial score (nSPS) is 18.8. The highest BCUT2D eigenvalue weighted by molar-refractivity contribution is 6.29. The largest absolute Gasteiger partial charge is 0.471 e. The number of carbonyl (C=O) groups excluding carboxylic acids is 2. The number of halogens is 4. The van der Waals surface area contributed by atoms with E-state index < -0.39 is 12.1 Å². The molecule has 0 saturated carbocycles. The van der Waals surface area contributed by atoms with Gasteiger partial charge in [0.05, 0.1) is 11.6 Å². The average Bonchev–Trinajstić information content (AvgIpc) is 2.85. The Hall–Kier alpha value is -2.61. The van der Waals surface area contributed by atoms with Gasteiger partial charge in [-0.3, -0.25) is 9.59 Å². The standard InChI is InChI=1S/C21H19ClF3N3O2/c1-12-16-9-18(22)26-10-17(16)19(29)28(12)11-13-2-3-14-4-6-27(7-5-15(14)8-13)20(30)21(23,24)25/h2-3,8-10,12H,4-7,11H2,1H3. The molecule has 0 bridgehead atoms. The van der Waals surface area contributed by atoms with E-state index >= 15 is 0 Å². The first-order chi connectivity index (χ1) is 14.1. The third-order valence-electron chi connectivity index (χ3n) is 5.77. The summed E-state index contributed by atoms with van der Waals surface area (Å²) in [6.07, 6.45) is -2.67. The van der Waals surface area contributed by atoms with E-state index in [0.717, 1.165) is 27.2 Å². The summed E-state index contributed by atoms with van der Waals surface area (Å²) in [6.45, 7) is 2.34. The van der Waals surface area contributed by atoms with Crippen molar-refractivity contribution < 1.29 is 22.8 Å². The minimum Gasteiger partial charge on any atom is -0.334 e. The second-order valence-corrected chi connectivity index (χ2v) is 7.98. The maximum atomic E-state index is 12.8. The van der Waals surface area contributed by atoms with E-state index in [1.807, 2.05) is 25.1 Å². The average molecular weight is 438 g/mol. The molecule has 0 saturated heterocycles. The van der Waals surface area contributed by atoms with Crippen LogP contribution in [0, 0.1) is 0 Å². The first kappa shape index (κ1) is 20.7. The lowest BCUT2D eigenvalue weighted by atomic mass is 9.99. The number of aromatic nitrogens is 1. The van der Waals surface area contributed by atoms with E-state index in [-0.39, 0.29) is 25.0 Å². The van der Waals surface area contributed by atoms with Gasteiger partial charge in [0.15, 0.2) is 0 Å². The van der Waals surface area contributed by atoms with Gasteiger partial charge >= 0.3 is 12.1 Å². The molecule has 0 radical (unpaired) electrons. The molecule has 30 heavy (non-hydrogen) atoms. The fraction of sp³-hybridized carbons (Fsp3) is 0.381. The number of rotatable bonds is 2. The van der Waals surface area contributed by atoms with Gasteiger partial charge in [-0.1, -0.05) is 29.8 Å². The van der Waals surface area contributed by atoms with Crippen LogP contribution in [0.3, 0.4) is 0 Å². The first-order valence-electron chi connectivity index (χ1n) is 9.58. The number of fused-ring (bicyclic) bond motifs is 2. The van der Waals surface area contributed by atoms with Gasteiger partial charge in [0.25, 0.3) is 5.91 Å². The predicted octanol–water partition coefficient (Wildman–Crippen LogP) is 3.94. The number of nitrogens with zero attached hydrogens (tertiary/aromatic N) is 3. The lowest BCUT2D eigenvalue weighted by Gasteiger charge is -2.23. The Bertz CT molecular complexity index is 1030. The van der Waals surface area contributed by atoms with Crippen LogP contribution >= 0.6 is 11.6 Å². The zero-order valence-corrected chi connectivity index (χ0v) is 16.9. The molecule has 2 aliphatic heterocycles. The monoisotopic (exact) mass is 437 g/mol. The number of hydrogen-bond acceptors (Lipinski definition) is 3. The van der Waals surface area contributed by atoms with E-state index in [9.17, 15) is 22.8 Å². The SMILES string of the molecule is CC1c2cc(Cl)ncc2C(=O)N1Cc1ccc2c(c1)CCN(C(=O)C(F)(F)F)CC2. The molecule has 0 N–H and O–H groups in total. The summed E-state index contributed by atoms with van der Waals surface area (Å²) in [5.74, 6) is -1.92. The summed E-state index contributed by atoms with van der Waals surface area (Å²) >= 11 is 5.96. The van der Waals surface area contributed by atoms with Gasteiger partial charge in [-0.2, -0.15) is 13.2 Å².